The zero-order chi connectivity index (χ0) is 28.2. The Morgan fingerprint density at radius 1 is 0.829 bits per heavy atom. The van der Waals surface area contributed by atoms with Crippen molar-refractivity contribution in [3.8, 4) is 11.1 Å². The number of likely N-dealkylation sites (tertiary alicyclic amines) is 1. The van der Waals surface area contributed by atoms with Crippen LogP contribution in [0.2, 0.25) is 0 Å². The molecule has 41 heavy (non-hydrogen) atoms. The predicted molar refractivity (Wildman–Crippen MR) is 164 cm³/mol. The Bertz CT molecular complexity index is 1420. The first-order chi connectivity index (χ1) is 20.0. The number of benzene rings is 1. The Morgan fingerprint density at radius 2 is 1.54 bits per heavy atom. The van der Waals surface area contributed by atoms with Crippen molar-refractivity contribution in [1.82, 2.24) is 30.0 Å². The molecular formula is C33H41N7O. The van der Waals surface area contributed by atoms with E-state index in [0.29, 0.717) is 6.54 Å². The molecule has 0 bridgehead atoms. The zero-order valence-electron chi connectivity index (χ0n) is 24.3. The maximum absolute atomic E-state index is 13.9. The fraction of sp³-hybridized carbons (Fsp3) is 0.424. The summed E-state index contributed by atoms with van der Waals surface area (Å²) < 4.78 is 0. The number of nitrogens with zero attached hydrogens (tertiary/aromatic N) is 5. The quantitative estimate of drug-likeness (QED) is 0.460. The van der Waals surface area contributed by atoms with Gasteiger partial charge in [0.25, 0.3) is 5.91 Å². The van der Waals surface area contributed by atoms with E-state index in [2.05, 4.69) is 72.7 Å². The number of pyridine rings is 2. The second kappa shape index (κ2) is 12.6. The Hall–Kier alpha value is -3.43. The third-order valence-electron chi connectivity index (χ3n) is 8.53. The lowest BCUT2D eigenvalue weighted by atomic mass is 9.92. The summed E-state index contributed by atoms with van der Waals surface area (Å²) >= 11 is 0. The average Bonchev–Trinajstić information content (AvgIpc) is 3.42. The van der Waals surface area contributed by atoms with Gasteiger partial charge in [-0.2, -0.15) is 0 Å². The number of hydrogen-bond acceptors (Lipinski definition) is 7. The highest BCUT2D eigenvalue weighted by molar-refractivity contribution is 6.26. The molecule has 2 N–H and O–H groups in total. The maximum atomic E-state index is 13.9. The molecule has 1 aromatic carbocycles. The van der Waals surface area contributed by atoms with Gasteiger partial charge in [0.15, 0.2) is 0 Å². The van der Waals surface area contributed by atoms with Crippen LogP contribution >= 0.6 is 0 Å². The van der Waals surface area contributed by atoms with Crippen LogP contribution in [0.1, 0.15) is 42.0 Å². The Morgan fingerprint density at radius 3 is 2.32 bits per heavy atom. The molecule has 3 aromatic rings. The fourth-order valence-corrected chi connectivity index (χ4v) is 6.19. The SMILES string of the molecule is CC1=C(C(=O)Nc2cncc(CN3CCN(C)CC3)c2)c2cc(-c3cncc(CN4CCCC4)c3)ccc2CNC1. The van der Waals surface area contributed by atoms with Gasteiger partial charge < -0.3 is 15.5 Å². The summed E-state index contributed by atoms with van der Waals surface area (Å²) in [5.41, 5.74) is 9.11. The third kappa shape index (κ3) is 6.73. The number of anilines is 1. The van der Waals surface area contributed by atoms with Crippen LogP contribution in [-0.2, 0) is 24.4 Å². The lowest BCUT2D eigenvalue weighted by Gasteiger charge is -2.32. The van der Waals surface area contributed by atoms with Gasteiger partial charge in [-0.15, -0.1) is 0 Å². The van der Waals surface area contributed by atoms with Crippen molar-refractivity contribution in [3.05, 3.63) is 82.9 Å². The first-order valence-electron chi connectivity index (χ1n) is 14.9. The standard InChI is InChI=1S/C33H41N7O/c1-24-16-34-19-28-6-5-27(29-13-25(17-35-20-29)22-39-7-3-4-8-39)15-31(28)32(24)33(41)37-30-14-26(18-36-21-30)23-40-11-9-38(2)10-12-40/h5-6,13-15,17-18,20-21,34H,3-4,7-12,16,19,22-23H2,1-2H3,(H,37,41). The van der Waals surface area contributed by atoms with Gasteiger partial charge in [0.1, 0.15) is 0 Å². The highest BCUT2D eigenvalue weighted by atomic mass is 16.1. The highest BCUT2D eigenvalue weighted by Gasteiger charge is 2.23. The van der Waals surface area contributed by atoms with Crippen LogP contribution in [0.3, 0.4) is 0 Å². The maximum Gasteiger partial charge on any atom is 0.256 e. The molecule has 0 atom stereocenters. The molecule has 8 nitrogen and oxygen atoms in total. The van der Waals surface area contributed by atoms with Gasteiger partial charge in [-0.25, -0.2) is 0 Å². The van der Waals surface area contributed by atoms with E-state index in [4.69, 9.17) is 0 Å². The molecule has 2 aromatic heterocycles. The molecule has 6 rings (SSSR count). The summed E-state index contributed by atoms with van der Waals surface area (Å²) in [6.07, 6.45) is 10.1. The number of fused-ring (bicyclic) bond motifs is 1. The van der Waals surface area contributed by atoms with Crippen LogP contribution in [0.4, 0.5) is 5.69 Å². The van der Waals surface area contributed by atoms with Crippen LogP contribution in [0.15, 0.2) is 60.7 Å². The van der Waals surface area contributed by atoms with E-state index in [9.17, 15) is 4.79 Å². The Labute approximate surface area is 243 Å². The van der Waals surface area contributed by atoms with E-state index >= 15 is 0 Å². The molecule has 214 valence electrons. The van der Waals surface area contributed by atoms with Crippen molar-refractivity contribution in [2.24, 2.45) is 0 Å². The van der Waals surface area contributed by atoms with Gasteiger partial charge >= 0.3 is 0 Å². The summed E-state index contributed by atoms with van der Waals surface area (Å²) in [5.74, 6) is -0.0935. The molecule has 5 heterocycles. The molecule has 0 saturated carbocycles. The van der Waals surface area contributed by atoms with E-state index in [-0.39, 0.29) is 5.91 Å². The average molecular weight is 552 g/mol. The fourth-order valence-electron chi connectivity index (χ4n) is 6.19. The largest absolute Gasteiger partial charge is 0.321 e. The molecule has 3 aliphatic rings. The first kappa shape index (κ1) is 27.7. The van der Waals surface area contributed by atoms with Crippen LogP contribution in [0.25, 0.3) is 16.7 Å². The topological polar surface area (TPSA) is 76.6 Å². The van der Waals surface area contributed by atoms with Gasteiger partial charge in [-0.05, 0) is 91.5 Å². The molecule has 1 amide bonds. The van der Waals surface area contributed by atoms with E-state index in [1.54, 1.807) is 6.20 Å². The van der Waals surface area contributed by atoms with Crippen LogP contribution in [0.5, 0.6) is 0 Å². The summed E-state index contributed by atoms with van der Waals surface area (Å²) in [4.78, 5) is 30.2. The lowest BCUT2D eigenvalue weighted by molar-refractivity contribution is -0.111. The van der Waals surface area contributed by atoms with Crippen molar-refractivity contribution in [2.75, 3.05) is 58.2 Å². The first-order valence-corrected chi connectivity index (χ1v) is 14.9. The number of rotatable bonds is 7. The zero-order valence-corrected chi connectivity index (χ0v) is 24.3. The van der Waals surface area contributed by atoms with E-state index in [0.717, 1.165) is 104 Å². The second-order valence-corrected chi connectivity index (χ2v) is 11.8. The molecule has 8 heteroatoms. The van der Waals surface area contributed by atoms with E-state index in [1.807, 2.05) is 25.5 Å². The number of piperazine rings is 1. The van der Waals surface area contributed by atoms with Gasteiger partial charge in [-0.3, -0.25) is 24.6 Å². The van der Waals surface area contributed by atoms with E-state index in [1.165, 1.54) is 18.4 Å². The summed E-state index contributed by atoms with van der Waals surface area (Å²) in [6, 6.07) is 10.8. The van der Waals surface area contributed by atoms with Crippen molar-refractivity contribution in [3.63, 3.8) is 0 Å². The number of nitrogens with one attached hydrogen (secondary N) is 2. The van der Waals surface area contributed by atoms with Crippen molar-refractivity contribution < 1.29 is 4.79 Å². The summed E-state index contributed by atoms with van der Waals surface area (Å²) in [5, 5.41) is 6.66. The minimum Gasteiger partial charge on any atom is -0.321 e. The molecule has 3 aliphatic heterocycles. The highest BCUT2D eigenvalue weighted by Crippen LogP contribution is 2.31. The molecule has 0 unspecified atom stereocenters. The van der Waals surface area contributed by atoms with Crippen molar-refractivity contribution >= 4 is 17.2 Å². The number of carbonyl (C=O) groups excluding carboxylic acids is 1. The number of likely N-dealkylation sites (N-methyl/N-ethyl adjacent to an activating group) is 1. The second-order valence-electron chi connectivity index (χ2n) is 11.8. The smallest absolute Gasteiger partial charge is 0.256 e. The summed E-state index contributed by atoms with van der Waals surface area (Å²) in [7, 11) is 2.17. The molecule has 0 radical (unpaired) electrons. The van der Waals surface area contributed by atoms with Crippen molar-refractivity contribution in [2.45, 2.75) is 39.4 Å². The number of amides is 1. The monoisotopic (exact) mass is 551 g/mol. The molecule has 2 fully saturated rings. The normalized spacial score (nSPS) is 18.8. The predicted octanol–water partition coefficient (Wildman–Crippen LogP) is 4.00. The van der Waals surface area contributed by atoms with Gasteiger partial charge in [0.2, 0.25) is 0 Å². The van der Waals surface area contributed by atoms with Gasteiger partial charge in [0, 0.05) is 82.1 Å². The lowest BCUT2D eigenvalue weighted by Crippen LogP contribution is -2.43. The van der Waals surface area contributed by atoms with Gasteiger partial charge in [0.05, 0.1) is 11.9 Å². The molecule has 2 saturated heterocycles. The third-order valence-corrected chi connectivity index (χ3v) is 8.53. The van der Waals surface area contributed by atoms with Crippen LogP contribution in [-0.4, -0.2) is 83.4 Å². The molecule has 0 spiro atoms. The van der Waals surface area contributed by atoms with E-state index < -0.39 is 0 Å². The number of aromatic nitrogens is 2. The minimum absolute atomic E-state index is 0.0935. The number of carbonyl (C=O) groups is 1. The van der Waals surface area contributed by atoms with Gasteiger partial charge in [-0.1, -0.05) is 12.1 Å². The minimum atomic E-state index is -0.0935. The van der Waals surface area contributed by atoms with Crippen LogP contribution < -0.4 is 10.6 Å². The Balaban J connectivity index is 1.23. The molecule has 0 aliphatic carbocycles. The molecular weight excluding hydrogens is 510 g/mol. The van der Waals surface area contributed by atoms with Crippen LogP contribution in [0, 0.1) is 0 Å². The Kier molecular flexibility index (Phi) is 8.53. The number of hydrogen-bond donors (Lipinski definition) is 2. The van der Waals surface area contributed by atoms with Crippen molar-refractivity contribution in [1.29, 1.82) is 0 Å². The summed E-state index contributed by atoms with van der Waals surface area (Å²) in [6.45, 7) is 11.8.